The van der Waals surface area contributed by atoms with E-state index >= 15 is 0 Å². The van der Waals surface area contributed by atoms with Crippen LogP contribution in [0.2, 0.25) is 0 Å². The molecule has 1 aromatic carbocycles. The van der Waals surface area contributed by atoms with Crippen LogP contribution in [0.4, 0.5) is 14.9 Å². The smallest absolute Gasteiger partial charge is 0.414 e. The summed E-state index contributed by atoms with van der Waals surface area (Å²) in [5.41, 5.74) is -0.657. The van der Waals surface area contributed by atoms with E-state index in [1.165, 1.54) is 47.1 Å². The molecule has 1 aliphatic rings. The summed E-state index contributed by atoms with van der Waals surface area (Å²) < 4.78 is 58.2. The van der Waals surface area contributed by atoms with E-state index in [4.69, 9.17) is 9.47 Å². The molecule has 1 aromatic rings. The van der Waals surface area contributed by atoms with E-state index in [0.717, 1.165) is 12.8 Å². The van der Waals surface area contributed by atoms with Gasteiger partial charge in [-0.25, -0.2) is 18.0 Å². The molecule has 36 heavy (non-hydrogen) atoms. The molecule has 9 nitrogen and oxygen atoms in total. The van der Waals surface area contributed by atoms with Crippen LogP contribution >= 0.6 is 11.8 Å². The van der Waals surface area contributed by atoms with Gasteiger partial charge in [0.25, 0.3) is 0 Å². The molecule has 202 valence electrons. The largest absolute Gasteiger partial charge is 0.461 e. The van der Waals surface area contributed by atoms with Crippen molar-refractivity contribution in [2.75, 3.05) is 31.4 Å². The van der Waals surface area contributed by atoms with Crippen molar-refractivity contribution in [2.45, 2.75) is 75.3 Å². The molecule has 1 aliphatic heterocycles. The van der Waals surface area contributed by atoms with Crippen LogP contribution in [0.15, 0.2) is 34.0 Å². The van der Waals surface area contributed by atoms with Gasteiger partial charge < -0.3 is 14.2 Å². The summed E-state index contributed by atoms with van der Waals surface area (Å²) in [6.45, 7) is 8.82. The summed E-state index contributed by atoms with van der Waals surface area (Å²) in [7, 11) is -2.60. The second-order valence-corrected chi connectivity index (χ2v) is 12.0. The molecule has 12 heteroatoms. The lowest BCUT2D eigenvalue weighted by molar-refractivity contribution is -0.140. The zero-order valence-electron chi connectivity index (χ0n) is 21.8. The standard InChI is InChI=1S/C24H35FN2O7S2/c1-8-10-11-16-14-27(23(29)34-24(3,4)5)18-12-20(35-7)19(13-21(18)36(30,31)26(16)6)33-15-17(25)22(28)32-9-2/h12-13,15-16H,8-11,14H2,1-7H3/b17-15-. The van der Waals surface area contributed by atoms with Crippen LogP contribution in [0.5, 0.6) is 5.75 Å². The number of rotatable bonds is 8. The topological polar surface area (TPSA) is 102 Å². The molecule has 1 heterocycles. The van der Waals surface area contributed by atoms with E-state index in [1.807, 2.05) is 6.92 Å². The van der Waals surface area contributed by atoms with Crippen LogP contribution in [-0.4, -0.2) is 62.9 Å². The highest BCUT2D eigenvalue weighted by atomic mass is 32.2. The number of esters is 1. The molecule has 0 N–H and O–H groups in total. The Morgan fingerprint density at radius 3 is 2.47 bits per heavy atom. The predicted octanol–water partition coefficient (Wildman–Crippen LogP) is 5.10. The first-order valence-corrected chi connectivity index (χ1v) is 14.3. The fourth-order valence-electron chi connectivity index (χ4n) is 3.54. The first-order chi connectivity index (χ1) is 16.8. The van der Waals surface area contributed by atoms with Gasteiger partial charge in [-0.05, 0) is 46.4 Å². The Morgan fingerprint density at radius 1 is 1.25 bits per heavy atom. The highest BCUT2D eigenvalue weighted by molar-refractivity contribution is 7.98. The Balaban J connectivity index is 2.67. The van der Waals surface area contributed by atoms with Gasteiger partial charge in [-0.1, -0.05) is 19.8 Å². The number of nitrogens with zero attached hydrogens (tertiary/aromatic N) is 2. The summed E-state index contributed by atoms with van der Waals surface area (Å²) in [5, 5.41) is 0. The number of anilines is 1. The van der Waals surface area contributed by atoms with Crippen molar-refractivity contribution in [3.05, 3.63) is 24.2 Å². The number of thioether (sulfide) groups is 1. The number of ether oxygens (including phenoxy) is 3. The number of carbonyl (C=O) groups excluding carboxylic acids is 2. The van der Waals surface area contributed by atoms with Crippen molar-refractivity contribution >= 4 is 39.5 Å². The molecular formula is C24H35FN2O7S2. The average molecular weight is 547 g/mol. The first kappa shape index (κ1) is 29.9. The van der Waals surface area contributed by atoms with E-state index in [0.29, 0.717) is 17.6 Å². The molecular weight excluding hydrogens is 511 g/mol. The molecule has 1 unspecified atom stereocenters. The lowest BCUT2D eigenvalue weighted by Gasteiger charge is -2.30. The first-order valence-electron chi connectivity index (χ1n) is 11.7. The molecule has 0 fully saturated rings. The molecule has 0 aromatic heterocycles. The fourth-order valence-corrected chi connectivity index (χ4v) is 5.64. The highest BCUT2D eigenvalue weighted by Crippen LogP contribution is 2.41. The minimum absolute atomic E-state index is 0.00817. The number of hydrogen-bond acceptors (Lipinski definition) is 8. The summed E-state index contributed by atoms with van der Waals surface area (Å²) >= 11 is 1.21. The molecule has 0 bridgehead atoms. The van der Waals surface area contributed by atoms with Crippen LogP contribution in [0, 0.1) is 0 Å². The number of likely N-dealkylation sites (N-methyl/N-ethyl adjacent to an activating group) is 1. The van der Waals surface area contributed by atoms with Crippen molar-refractivity contribution in [3.8, 4) is 5.75 Å². The zero-order chi connectivity index (χ0) is 27.3. The number of halogens is 1. The summed E-state index contributed by atoms with van der Waals surface area (Å²) in [6.07, 6.45) is 3.79. The van der Waals surface area contributed by atoms with Gasteiger partial charge in [-0.3, -0.25) is 4.90 Å². The highest BCUT2D eigenvalue weighted by Gasteiger charge is 2.40. The average Bonchev–Trinajstić information content (AvgIpc) is 2.87. The molecule has 0 saturated carbocycles. The van der Waals surface area contributed by atoms with Crippen LogP contribution in [-0.2, 0) is 24.3 Å². The molecule has 2 rings (SSSR count). The number of sulfonamides is 1. The monoisotopic (exact) mass is 546 g/mol. The molecule has 0 radical (unpaired) electrons. The second kappa shape index (κ2) is 12.3. The zero-order valence-corrected chi connectivity index (χ0v) is 23.4. The number of carbonyl (C=O) groups is 2. The fraction of sp³-hybridized carbons (Fsp3) is 0.583. The molecule has 0 spiro atoms. The van der Waals surface area contributed by atoms with E-state index < -0.39 is 39.6 Å². The quantitative estimate of drug-likeness (QED) is 0.192. The Morgan fingerprint density at radius 2 is 1.92 bits per heavy atom. The molecule has 0 saturated heterocycles. The van der Waals surface area contributed by atoms with Crippen molar-refractivity contribution in [1.29, 1.82) is 0 Å². The van der Waals surface area contributed by atoms with Gasteiger partial charge in [-0.15, -0.1) is 11.8 Å². The van der Waals surface area contributed by atoms with Gasteiger partial charge in [0.15, 0.2) is 0 Å². The van der Waals surface area contributed by atoms with E-state index in [1.54, 1.807) is 27.0 Å². The van der Waals surface area contributed by atoms with Crippen molar-refractivity contribution < 1.29 is 36.6 Å². The maximum atomic E-state index is 14.1. The number of amides is 1. The molecule has 0 aliphatic carbocycles. The van der Waals surface area contributed by atoms with E-state index in [9.17, 15) is 22.4 Å². The van der Waals surface area contributed by atoms with Crippen LogP contribution in [0.1, 0.15) is 53.9 Å². The van der Waals surface area contributed by atoms with E-state index in [2.05, 4.69) is 4.74 Å². The van der Waals surface area contributed by atoms with Gasteiger partial charge in [0.1, 0.15) is 22.5 Å². The number of hydrogen-bond donors (Lipinski definition) is 0. The van der Waals surface area contributed by atoms with Crippen LogP contribution < -0.4 is 9.64 Å². The minimum Gasteiger partial charge on any atom is -0.461 e. The van der Waals surface area contributed by atoms with Crippen molar-refractivity contribution in [3.63, 3.8) is 0 Å². The number of unbranched alkanes of at least 4 members (excludes halogenated alkanes) is 1. The van der Waals surface area contributed by atoms with Gasteiger partial charge in [0, 0.05) is 25.7 Å². The Labute approximate surface area is 217 Å². The minimum atomic E-state index is -4.07. The lowest BCUT2D eigenvalue weighted by Crippen LogP contribution is -2.45. The maximum absolute atomic E-state index is 14.1. The van der Waals surface area contributed by atoms with Crippen molar-refractivity contribution in [1.82, 2.24) is 4.31 Å². The van der Waals surface area contributed by atoms with Gasteiger partial charge in [0.2, 0.25) is 15.9 Å². The Kier molecular flexibility index (Phi) is 10.2. The van der Waals surface area contributed by atoms with Crippen LogP contribution in [0.3, 0.4) is 0 Å². The van der Waals surface area contributed by atoms with Gasteiger partial charge in [0.05, 0.1) is 17.2 Å². The Bertz CT molecular complexity index is 1100. The Hall–Kier alpha value is -2.31. The number of fused-ring (bicyclic) bond motifs is 1. The third-order valence-electron chi connectivity index (χ3n) is 5.37. The van der Waals surface area contributed by atoms with Gasteiger partial charge >= 0.3 is 12.1 Å². The van der Waals surface area contributed by atoms with Crippen LogP contribution in [0.25, 0.3) is 0 Å². The third-order valence-corrected chi connectivity index (χ3v) is 8.06. The molecule has 1 amide bonds. The van der Waals surface area contributed by atoms with E-state index in [-0.39, 0.29) is 29.5 Å². The maximum Gasteiger partial charge on any atom is 0.414 e. The lowest BCUT2D eigenvalue weighted by atomic mass is 10.1. The predicted molar refractivity (Wildman–Crippen MR) is 137 cm³/mol. The summed E-state index contributed by atoms with van der Waals surface area (Å²) in [4.78, 5) is 26.4. The summed E-state index contributed by atoms with van der Waals surface area (Å²) in [6, 6.07) is 2.25. The molecule has 1 atom stereocenters. The summed E-state index contributed by atoms with van der Waals surface area (Å²) in [5.74, 6) is -2.46. The van der Waals surface area contributed by atoms with Crippen molar-refractivity contribution in [2.24, 2.45) is 0 Å². The third kappa shape index (κ3) is 7.13. The van der Waals surface area contributed by atoms with Gasteiger partial charge in [-0.2, -0.15) is 8.70 Å². The normalized spacial score (nSPS) is 18.3. The second-order valence-electron chi connectivity index (χ2n) is 9.18. The SMILES string of the molecule is CCCCC1CN(C(=O)OC(C)(C)C)c2cc(SC)c(O/C=C(\F)C(=O)OCC)cc2S(=O)(=O)N1C. The number of benzene rings is 1.